The maximum atomic E-state index is 12.9. The molecule has 0 spiro atoms. The van der Waals surface area contributed by atoms with Gasteiger partial charge in [-0.3, -0.25) is 4.79 Å². The summed E-state index contributed by atoms with van der Waals surface area (Å²) in [5, 5.41) is 0.583. The number of carbonyl (C=O) groups is 1. The lowest BCUT2D eigenvalue weighted by molar-refractivity contribution is 0.101. The van der Waals surface area contributed by atoms with Gasteiger partial charge in [0.1, 0.15) is 11.9 Å². The molecule has 7 nitrogen and oxygen atoms in total. The number of thiazole rings is 1. The van der Waals surface area contributed by atoms with E-state index < -0.39 is 10.0 Å². The van der Waals surface area contributed by atoms with Crippen molar-refractivity contribution < 1.29 is 22.7 Å². The Labute approximate surface area is 179 Å². The van der Waals surface area contributed by atoms with Gasteiger partial charge in [-0.1, -0.05) is 23.5 Å². The molecular weight excluding hydrogens is 424 g/mol. The van der Waals surface area contributed by atoms with Crippen molar-refractivity contribution in [1.29, 1.82) is 0 Å². The largest absolute Gasteiger partial charge is 0.497 e. The monoisotopic (exact) mass is 446 g/mol. The maximum Gasteiger partial charge on any atom is 0.274 e. The van der Waals surface area contributed by atoms with Gasteiger partial charge in [0.25, 0.3) is 5.19 Å². The quantitative estimate of drug-likeness (QED) is 0.536. The molecule has 30 heavy (non-hydrogen) atoms. The third-order valence-corrected chi connectivity index (χ3v) is 7.96. The normalized spacial score (nSPS) is 15.9. The minimum Gasteiger partial charge on any atom is -0.497 e. The van der Waals surface area contributed by atoms with Crippen LogP contribution in [0.4, 0.5) is 0 Å². The summed E-state index contributed by atoms with van der Waals surface area (Å²) in [4.78, 5) is 16.1. The number of methoxy groups -OCH3 is 1. The second-order valence-corrected chi connectivity index (χ2v) is 10.0. The highest BCUT2D eigenvalue weighted by Crippen LogP contribution is 2.32. The van der Waals surface area contributed by atoms with Crippen LogP contribution in [0.15, 0.2) is 47.4 Å². The average molecular weight is 447 g/mol. The number of nitrogens with zero attached hydrogens (tertiary/aromatic N) is 2. The number of sulfonamides is 1. The molecule has 1 aliphatic heterocycles. The lowest BCUT2D eigenvalue weighted by atomic mass is 10.1. The van der Waals surface area contributed by atoms with Crippen molar-refractivity contribution in [3.05, 3.63) is 48.0 Å². The second-order valence-electron chi connectivity index (χ2n) is 7.12. The predicted octanol–water partition coefficient (Wildman–Crippen LogP) is 3.74. The summed E-state index contributed by atoms with van der Waals surface area (Å²) in [5.74, 6) is 0.678. The summed E-state index contributed by atoms with van der Waals surface area (Å²) >= 11 is 1.45. The molecule has 1 fully saturated rings. The molecule has 158 valence electrons. The Morgan fingerprint density at radius 2 is 1.83 bits per heavy atom. The van der Waals surface area contributed by atoms with Gasteiger partial charge in [-0.15, -0.1) is 0 Å². The van der Waals surface area contributed by atoms with Crippen LogP contribution >= 0.6 is 11.3 Å². The van der Waals surface area contributed by atoms with Gasteiger partial charge in [0, 0.05) is 18.7 Å². The Hall–Kier alpha value is -2.49. The van der Waals surface area contributed by atoms with Gasteiger partial charge >= 0.3 is 0 Å². The molecule has 1 aromatic heterocycles. The molecule has 0 N–H and O–H groups in total. The zero-order chi connectivity index (χ0) is 21.3. The van der Waals surface area contributed by atoms with Crippen LogP contribution in [-0.2, 0) is 10.0 Å². The zero-order valence-corrected chi connectivity index (χ0v) is 18.3. The molecule has 0 saturated carbocycles. The van der Waals surface area contributed by atoms with E-state index in [4.69, 9.17) is 9.47 Å². The number of hydrogen-bond donors (Lipinski definition) is 0. The number of ether oxygens (including phenoxy) is 2. The van der Waals surface area contributed by atoms with Crippen molar-refractivity contribution in [1.82, 2.24) is 9.29 Å². The minimum absolute atomic E-state index is 0.0843. The van der Waals surface area contributed by atoms with Crippen LogP contribution in [0.1, 0.15) is 30.1 Å². The summed E-state index contributed by atoms with van der Waals surface area (Å²) in [5.41, 5.74) is 1.35. The van der Waals surface area contributed by atoms with Crippen LogP contribution in [0.3, 0.4) is 0 Å². The van der Waals surface area contributed by atoms with Crippen LogP contribution in [0.2, 0.25) is 0 Å². The number of fused-ring (bicyclic) bond motifs is 1. The first-order valence-corrected chi connectivity index (χ1v) is 11.8. The van der Waals surface area contributed by atoms with Gasteiger partial charge in [0.15, 0.2) is 5.78 Å². The lowest BCUT2D eigenvalue weighted by Crippen LogP contribution is -2.41. The van der Waals surface area contributed by atoms with Gasteiger partial charge in [-0.05, 0) is 50.1 Å². The Morgan fingerprint density at radius 1 is 1.13 bits per heavy atom. The predicted molar refractivity (Wildman–Crippen MR) is 115 cm³/mol. The third-order valence-electron chi connectivity index (χ3n) is 5.14. The van der Waals surface area contributed by atoms with Crippen LogP contribution in [0, 0.1) is 0 Å². The highest BCUT2D eigenvalue weighted by atomic mass is 32.2. The fourth-order valence-electron chi connectivity index (χ4n) is 3.40. The number of aromatic nitrogens is 1. The fourth-order valence-corrected chi connectivity index (χ4v) is 5.78. The number of piperidine rings is 1. The van der Waals surface area contributed by atoms with E-state index in [9.17, 15) is 13.2 Å². The first-order valence-electron chi connectivity index (χ1n) is 9.59. The molecule has 2 heterocycles. The standard InChI is InChI=1S/C21H22N2O5S2/c1-14(24)15-3-6-18(7-4-15)30(25,26)23-11-9-16(10-12-23)28-21-22-19-8-5-17(27-2)13-20(19)29-21/h3-8,13,16H,9-12H2,1-2H3. The molecule has 1 aliphatic rings. The minimum atomic E-state index is -3.59. The highest BCUT2D eigenvalue weighted by Gasteiger charge is 2.30. The first-order chi connectivity index (χ1) is 14.4. The summed E-state index contributed by atoms with van der Waals surface area (Å²) in [7, 11) is -1.97. The summed E-state index contributed by atoms with van der Waals surface area (Å²) in [6.07, 6.45) is 1.09. The molecule has 0 atom stereocenters. The lowest BCUT2D eigenvalue weighted by Gasteiger charge is -2.30. The van der Waals surface area contributed by atoms with Crippen LogP contribution < -0.4 is 9.47 Å². The smallest absolute Gasteiger partial charge is 0.274 e. The highest BCUT2D eigenvalue weighted by molar-refractivity contribution is 7.89. The number of hydrogen-bond acceptors (Lipinski definition) is 7. The number of benzene rings is 2. The SMILES string of the molecule is COc1ccc2nc(OC3CCN(S(=O)(=O)c4ccc(C(C)=O)cc4)CC3)sc2c1. The molecule has 0 bridgehead atoms. The van der Waals surface area contributed by atoms with Crippen molar-refractivity contribution in [2.45, 2.75) is 30.8 Å². The van der Waals surface area contributed by atoms with E-state index in [1.165, 1.54) is 34.7 Å². The summed E-state index contributed by atoms with van der Waals surface area (Å²) in [6, 6.07) is 11.8. The zero-order valence-electron chi connectivity index (χ0n) is 16.7. The molecule has 1 saturated heterocycles. The maximum absolute atomic E-state index is 12.9. The second kappa shape index (κ2) is 8.33. The number of Topliss-reactive ketones (excluding diaryl/α,β-unsaturated/α-hetero) is 1. The summed E-state index contributed by atoms with van der Waals surface area (Å²) < 4.78 is 39.5. The molecule has 0 radical (unpaired) electrons. The van der Waals surface area contributed by atoms with Crippen molar-refractivity contribution in [2.75, 3.05) is 20.2 Å². The third kappa shape index (κ3) is 4.19. The van der Waals surface area contributed by atoms with E-state index in [-0.39, 0.29) is 16.8 Å². The number of rotatable bonds is 6. The van der Waals surface area contributed by atoms with Crippen LogP contribution in [0.25, 0.3) is 10.2 Å². The molecule has 9 heteroatoms. The van der Waals surface area contributed by atoms with E-state index in [1.54, 1.807) is 19.2 Å². The van der Waals surface area contributed by atoms with E-state index in [1.807, 2.05) is 18.2 Å². The Balaban J connectivity index is 1.40. The van der Waals surface area contributed by atoms with Gasteiger partial charge in [0.05, 0.1) is 22.2 Å². The van der Waals surface area contributed by atoms with E-state index in [0.717, 1.165) is 16.0 Å². The molecule has 0 unspecified atom stereocenters. The number of ketones is 1. The van der Waals surface area contributed by atoms with E-state index >= 15 is 0 Å². The molecule has 0 aliphatic carbocycles. The van der Waals surface area contributed by atoms with Crippen LogP contribution in [-0.4, -0.2) is 49.8 Å². The average Bonchev–Trinajstić information content (AvgIpc) is 3.15. The van der Waals surface area contributed by atoms with Crippen molar-refractivity contribution >= 4 is 37.4 Å². The van der Waals surface area contributed by atoms with Gasteiger partial charge in [0.2, 0.25) is 10.0 Å². The Kier molecular flexibility index (Phi) is 5.77. The van der Waals surface area contributed by atoms with Gasteiger partial charge in [-0.25, -0.2) is 13.4 Å². The van der Waals surface area contributed by atoms with E-state index in [0.29, 0.717) is 36.7 Å². The number of carbonyl (C=O) groups excluding carboxylic acids is 1. The molecule has 0 amide bonds. The van der Waals surface area contributed by atoms with Crippen molar-refractivity contribution in [2.24, 2.45) is 0 Å². The molecule has 4 rings (SSSR count). The van der Waals surface area contributed by atoms with Crippen molar-refractivity contribution in [3.63, 3.8) is 0 Å². The van der Waals surface area contributed by atoms with Gasteiger partial charge in [-0.2, -0.15) is 4.31 Å². The molecule has 3 aromatic rings. The Bertz CT molecular complexity index is 1160. The van der Waals surface area contributed by atoms with E-state index in [2.05, 4.69) is 4.98 Å². The topological polar surface area (TPSA) is 85.8 Å². The van der Waals surface area contributed by atoms with Crippen molar-refractivity contribution in [3.8, 4) is 10.9 Å². The fraction of sp³-hybridized carbons (Fsp3) is 0.333. The molecule has 2 aromatic carbocycles. The Morgan fingerprint density at radius 3 is 2.47 bits per heavy atom. The molecular formula is C21H22N2O5S2. The van der Waals surface area contributed by atoms with Gasteiger partial charge < -0.3 is 9.47 Å². The first kappa shape index (κ1) is 20.8. The van der Waals surface area contributed by atoms with Crippen LogP contribution in [0.5, 0.6) is 10.9 Å². The summed E-state index contributed by atoms with van der Waals surface area (Å²) in [6.45, 7) is 2.20.